The summed E-state index contributed by atoms with van der Waals surface area (Å²) < 4.78 is 5.39. The van der Waals surface area contributed by atoms with E-state index in [2.05, 4.69) is 5.16 Å². The molecule has 1 aromatic carbocycles. The molecule has 1 saturated heterocycles. The predicted molar refractivity (Wildman–Crippen MR) is 74.6 cm³/mol. The number of carbonyl (C=O) groups is 1. The minimum Gasteiger partial charge on any atom is -0.465 e. The number of benzene rings is 1. The third-order valence-corrected chi connectivity index (χ3v) is 4.37. The molecule has 2 aromatic rings. The summed E-state index contributed by atoms with van der Waals surface area (Å²) in [6, 6.07) is 7.64. The fraction of sp³-hybridized carbons (Fsp3) is 0.467. The summed E-state index contributed by atoms with van der Waals surface area (Å²) >= 11 is 0. The molecule has 1 aliphatic rings. The fourth-order valence-electron chi connectivity index (χ4n) is 3.32. The van der Waals surface area contributed by atoms with Crippen LogP contribution in [0.25, 0.3) is 11.0 Å². The molecule has 2 heterocycles. The molecule has 1 N–H and O–H groups in total. The number of amides is 1. The van der Waals surface area contributed by atoms with E-state index in [1.807, 2.05) is 31.2 Å². The van der Waals surface area contributed by atoms with Crippen LogP contribution < -0.4 is 0 Å². The molecule has 0 spiro atoms. The van der Waals surface area contributed by atoms with Crippen molar-refractivity contribution in [2.75, 3.05) is 6.54 Å². The maximum Gasteiger partial charge on any atom is 0.408 e. The molecule has 0 radical (unpaired) electrons. The van der Waals surface area contributed by atoms with Gasteiger partial charge in [0.1, 0.15) is 5.69 Å². The lowest BCUT2D eigenvalue weighted by Gasteiger charge is -2.44. The molecule has 106 valence electrons. The van der Waals surface area contributed by atoms with E-state index in [0.29, 0.717) is 18.5 Å². The average Bonchev–Trinajstić information content (AvgIpc) is 2.91. The van der Waals surface area contributed by atoms with Crippen LogP contribution in [0.1, 0.15) is 38.3 Å². The molecule has 0 aliphatic carbocycles. The second-order valence-corrected chi connectivity index (χ2v) is 5.30. The van der Waals surface area contributed by atoms with E-state index in [9.17, 15) is 9.90 Å². The van der Waals surface area contributed by atoms with Gasteiger partial charge in [-0.1, -0.05) is 24.2 Å². The van der Waals surface area contributed by atoms with Gasteiger partial charge in [-0.05, 0) is 37.8 Å². The Morgan fingerprint density at radius 2 is 2.25 bits per heavy atom. The maximum absolute atomic E-state index is 11.6. The molecular weight excluding hydrogens is 256 g/mol. The van der Waals surface area contributed by atoms with Gasteiger partial charge in [0.15, 0.2) is 5.58 Å². The Labute approximate surface area is 117 Å². The highest BCUT2D eigenvalue weighted by molar-refractivity contribution is 5.81. The van der Waals surface area contributed by atoms with Gasteiger partial charge in [0, 0.05) is 11.9 Å². The zero-order valence-electron chi connectivity index (χ0n) is 11.5. The number of piperidine rings is 1. The van der Waals surface area contributed by atoms with Crippen molar-refractivity contribution in [1.29, 1.82) is 0 Å². The van der Waals surface area contributed by atoms with Gasteiger partial charge in [0.2, 0.25) is 0 Å². The van der Waals surface area contributed by atoms with Gasteiger partial charge in [-0.3, -0.25) is 4.90 Å². The lowest BCUT2D eigenvalue weighted by molar-refractivity contribution is 0.0379. The number of carboxylic acid groups (broad SMARTS) is 1. The highest BCUT2D eigenvalue weighted by Crippen LogP contribution is 2.42. The van der Waals surface area contributed by atoms with Crippen LogP contribution in [-0.2, 0) is 5.54 Å². The minimum absolute atomic E-state index is 0.559. The molecular formula is C15H18N2O3. The predicted octanol–water partition coefficient (Wildman–Crippen LogP) is 3.60. The van der Waals surface area contributed by atoms with Gasteiger partial charge < -0.3 is 9.63 Å². The topological polar surface area (TPSA) is 66.6 Å². The highest BCUT2D eigenvalue weighted by Gasteiger charge is 2.45. The number of para-hydroxylation sites is 1. The number of fused-ring (bicyclic) bond motifs is 1. The number of rotatable bonds is 2. The Hall–Kier alpha value is -2.04. The van der Waals surface area contributed by atoms with Crippen molar-refractivity contribution in [3.05, 3.63) is 30.0 Å². The quantitative estimate of drug-likeness (QED) is 0.908. The summed E-state index contributed by atoms with van der Waals surface area (Å²) in [6.45, 7) is 2.58. The summed E-state index contributed by atoms with van der Waals surface area (Å²) in [4.78, 5) is 13.2. The Morgan fingerprint density at radius 1 is 1.45 bits per heavy atom. The van der Waals surface area contributed by atoms with Gasteiger partial charge in [-0.2, -0.15) is 0 Å². The second-order valence-electron chi connectivity index (χ2n) is 5.30. The molecule has 0 bridgehead atoms. The summed E-state index contributed by atoms with van der Waals surface area (Å²) in [7, 11) is 0. The zero-order valence-corrected chi connectivity index (χ0v) is 11.5. The normalized spacial score (nSPS) is 23.1. The van der Waals surface area contributed by atoms with E-state index < -0.39 is 11.6 Å². The molecule has 5 heteroatoms. The van der Waals surface area contributed by atoms with Crippen LogP contribution in [0.4, 0.5) is 4.79 Å². The molecule has 1 atom stereocenters. The minimum atomic E-state index is -0.876. The van der Waals surface area contributed by atoms with Crippen molar-refractivity contribution >= 4 is 17.1 Å². The van der Waals surface area contributed by atoms with Gasteiger partial charge in [0.05, 0.1) is 5.54 Å². The van der Waals surface area contributed by atoms with E-state index in [1.165, 1.54) is 0 Å². The second kappa shape index (κ2) is 4.81. The van der Waals surface area contributed by atoms with E-state index in [0.717, 1.165) is 30.3 Å². The third kappa shape index (κ3) is 1.77. The molecule has 20 heavy (non-hydrogen) atoms. The van der Waals surface area contributed by atoms with Crippen molar-refractivity contribution in [3.63, 3.8) is 0 Å². The Kier molecular flexibility index (Phi) is 3.12. The molecule has 3 rings (SSSR count). The summed E-state index contributed by atoms with van der Waals surface area (Å²) in [5.41, 5.74) is 0.917. The molecule has 1 unspecified atom stereocenters. The largest absolute Gasteiger partial charge is 0.465 e. The van der Waals surface area contributed by atoms with Gasteiger partial charge >= 0.3 is 6.09 Å². The first-order valence-corrected chi connectivity index (χ1v) is 7.04. The Morgan fingerprint density at radius 3 is 3.00 bits per heavy atom. The summed E-state index contributed by atoms with van der Waals surface area (Å²) in [5.74, 6) is 0. The first-order valence-electron chi connectivity index (χ1n) is 7.04. The first kappa shape index (κ1) is 13.0. The van der Waals surface area contributed by atoms with Crippen LogP contribution in [0.5, 0.6) is 0 Å². The van der Waals surface area contributed by atoms with Gasteiger partial charge in [0.25, 0.3) is 0 Å². The Bertz CT molecular complexity index is 637. The fourth-order valence-corrected chi connectivity index (χ4v) is 3.32. The van der Waals surface area contributed by atoms with Crippen molar-refractivity contribution in [1.82, 2.24) is 10.1 Å². The van der Waals surface area contributed by atoms with E-state index in [-0.39, 0.29) is 0 Å². The van der Waals surface area contributed by atoms with Crippen LogP contribution in [0, 0.1) is 0 Å². The summed E-state index contributed by atoms with van der Waals surface area (Å²) in [6.07, 6.45) is 2.55. The number of likely N-dealkylation sites (tertiary alicyclic amines) is 1. The van der Waals surface area contributed by atoms with Crippen molar-refractivity contribution < 1.29 is 14.4 Å². The van der Waals surface area contributed by atoms with Crippen molar-refractivity contribution in [2.24, 2.45) is 0 Å². The van der Waals surface area contributed by atoms with Gasteiger partial charge in [-0.25, -0.2) is 4.79 Å². The molecule has 1 aromatic heterocycles. The molecule has 1 amide bonds. The monoisotopic (exact) mass is 274 g/mol. The lowest BCUT2D eigenvalue weighted by Crippen LogP contribution is -2.51. The first-order chi connectivity index (χ1) is 9.69. The van der Waals surface area contributed by atoms with Crippen molar-refractivity contribution in [2.45, 2.75) is 38.1 Å². The SMILES string of the molecule is CCC1(c2noc3ccccc23)CCCCN1C(=O)O. The number of hydrogen-bond acceptors (Lipinski definition) is 3. The Balaban J connectivity index is 2.18. The smallest absolute Gasteiger partial charge is 0.408 e. The molecule has 1 fully saturated rings. The molecule has 5 nitrogen and oxygen atoms in total. The van der Waals surface area contributed by atoms with E-state index in [4.69, 9.17) is 4.52 Å². The summed E-state index contributed by atoms with van der Waals surface area (Å²) in [5, 5.41) is 14.7. The number of aromatic nitrogens is 1. The standard InChI is InChI=1S/C15H18N2O3/c1-2-15(9-5-6-10-17(15)14(18)19)13-11-7-3-4-8-12(11)20-16-13/h3-4,7-8H,2,5-6,9-10H2,1H3,(H,18,19). The molecule has 1 aliphatic heterocycles. The van der Waals surface area contributed by atoms with Crippen molar-refractivity contribution in [3.8, 4) is 0 Å². The van der Waals surface area contributed by atoms with Crippen LogP contribution in [0.2, 0.25) is 0 Å². The van der Waals surface area contributed by atoms with E-state index in [1.54, 1.807) is 4.90 Å². The van der Waals surface area contributed by atoms with Crippen LogP contribution in [-0.4, -0.2) is 27.8 Å². The van der Waals surface area contributed by atoms with Crippen LogP contribution >= 0.6 is 0 Å². The third-order valence-electron chi connectivity index (χ3n) is 4.37. The zero-order chi connectivity index (χ0) is 14.2. The highest BCUT2D eigenvalue weighted by atomic mass is 16.5. The maximum atomic E-state index is 11.6. The number of hydrogen-bond donors (Lipinski definition) is 1. The van der Waals surface area contributed by atoms with E-state index >= 15 is 0 Å². The number of nitrogens with zero attached hydrogens (tertiary/aromatic N) is 2. The van der Waals surface area contributed by atoms with Crippen LogP contribution in [0.15, 0.2) is 28.8 Å². The lowest BCUT2D eigenvalue weighted by atomic mass is 9.80. The average molecular weight is 274 g/mol. The molecule has 0 saturated carbocycles. The van der Waals surface area contributed by atoms with Crippen LogP contribution in [0.3, 0.4) is 0 Å². The van der Waals surface area contributed by atoms with Gasteiger partial charge in [-0.15, -0.1) is 0 Å².